The van der Waals surface area contributed by atoms with Crippen molar-refractivity contribution in [2.75, 3.05) is 0 Å². The molecule has 0 bridgehead atoms. The Hall–Kier alpha value is -1.09. The van der Waals surface area contributed by atoms with E-state index < -0.39 is 5.38 Å². The smallest absolute Gasteiger partial charge is 0.242 e. The average Bonchev–Trinajstić information content (AvgIpc) is 3.05. The van der Waals surface area contributed by atoms with E-state index >= 15 is 0 Å². The molecule has 1 aromatic carbocycles. The highest BCUT2D eigenvalue weighted by Gasteiger charge is 2.27. The highest BCUT2D eigenvalue weighted by molar-refractivity contribution is 6.30. The second-order valence-corrected chi connectivity index (χ2v) is 4.59. The van der Waals surface area contributed by atoms with Gasteiger partial charge in [0.25, 0.3) is 0 Å². The number of hydrogen-bond acceptors (Lipinski definition) is 1. The first-order valence-corrected chi connectivity index (χ1v) is 5.72. The van der Waals surface area contributed by atoms with E-state index in [1.165, 1.54) is 6.07 Å². The van der Waals surface area contributed by atoms with Crippen LogP contribution in [0.1, 0.15) is 29.3 Å². The Morgan fingerprint density at radius 1 is 1.56 bits per heavy atom. The van der Waals surface area contributed by atoms with Crippen LogP contribution >= 0.6 is 11.6 Å². The van der Waals surface area contributed by atoms with Gasteiger partial charge in [-0.05, 0) is 37.0 Å². The van der Waals surface area contributed by atoms with Crippen molar-refractivity contribution in [2.24, 2.45) is 0 Å². The first kappa shape index (κ1) is 11.4. The van der Waals surface area contributed by atoms with Gasteiger partial charge in [0, 0.05) is 6.04 Å². The van der Waals surface area contributed by atoms with Gasteiger partial charge in [-0.3, -0.25) is 4.79 Å². The van der Waals surface area contributed by atoms with Gasteiger partial charge in [-0.25, -0.2) is 4.39 Å². The lowest BCUT2D eigenvalue weighted by atomic mass is 10.1. The number of carbonyl (C=O) groups excluding carboxylic acids is 1. The molecule has 1 fully saturated rings. The molecule has 1 N–H and O–H groups in total. The summed E-state index contributed by atoms with van der Waals surface area (Å²) in [6.07, 6.45) is 2.02. The van der Waals surface area contributed by atoms with Crippen molar-refractivity contribution < 1.29 is 9.18 Å². The topological polar surface area (TPSA) is 29.1 Å². The zero-order valence-corrected chi connectivity index (χ0v) is 9.72. The SMILES string of the molecule is Cc1ccc(C(Cl)C(=O)NC2CC2)cc1F. The Kier molecular flexibility index (Phi) is 3.15. The van der Waals surface area contributed by atoms with E-state index in [9.17, 15) is 9.18 Å². The summed E-state index contributed by atoms with van der Waals surface area (Å²) in [7, 11) is 0. The Labute approximate surface area is 98.8 Å². The lowest BCUT2D eigenvalue weighted by Gasteiger charge is -2.10. The fraction of sp³-hybridized carbons (Fsp3) is 0.417. The van der Waals surface area contributed by atoms with Gasteiger partial charge >= 0.3 is 0 Å². The molecule has 1 amide bonds. The van der Waals surface area contributed by atoms with Crippen molar-refractivity contribution in [3.63, 3.8) is 0 Å². The van der Waals surface area contributed by atoms with Crippen LogP contribution in [0.4, 0.5) is 4.39 Å². The molecule has 0 saturated heterocycles. The van der Waals surface area contributed by atoms with Crippen LogP contribution in [0.3, 0.4) is 0 Å². The standard InChI is InChI=1S/C12H13ClFNO/c1-7-2-3-8(6-10(7)14)11(13)12(16)15-9-4-5-9/h2-3,6,9,11H,4-5H2,1H3,(H,15,16). The summed E-state index contributed by atoms with van der Waals surface area (Å²) in [5.41, 5.74) is 1.05. The summed E-state index contributed by atoms with van der Waals surface area (Å²) >= 11 is 5.97. The molecule has 2 nitrogen and oxygen atoms in total. The lowest BCUT2D eigenvalue weighted by molar-refractivity contribution is -0.121. The average molecular weight is 242 g/mol. The molecule has 1 aliphatic rings. The minimum atomic E-state index is -0.810. The molecule has 0 spiro atoms. The molecule has 4 heteroatoms. The molecule has 0 heterocycles. The number of nitrogens with one attached hydrogen (secondary N) is 1. The van der Waals surface area contributed by atoms with Gasteiger partial charge < -0.3 is 5.32 Å². The van der Waals surface area contributed by atoms with E-state index in [-0.39, 0.29) is 17.8 Å². The van der Waals surface area contributed by atoms with Crippen LogP contribution in [0.2, 0.25) is 0 Å². The largest absolute Gasteiger partial charge is 0.352 e. The van der Waals surface area contributed by atoms with Crippen molar-refractivity contribution in [1.29, 1.82) is 0 Å². The number of halogens is 2. The first-order chi connectivity index (χ1) is 7.58. The van der Waals surface area contributed by atoms with Crippen LogP contribution in [-0.4, -0.2) is 11.9 Å². The number of aryl methyl sites for hydroxylation is 1. The molecule has 0 radical (unpaired) electrons. The van der Waals surface area contributed by atoms with Crippen LogP contribution in [-0.2, 0) is 4.79 Å². The third-order valence-electron chi connectivity index (χ3n) is 2.64. The third kappa shape index (κ3) is 2.53. The zero-order valence-electron chi connectivity index (χ0n) is 8.97. The number of hydrogen-bond donors (Lipinski definition) is 1. The molecule has 1 aliphatic carbocycles. The van der Waals surface area contributed by atoms with Crippen molar-refractivity contribution >= 4 is 17.5 Å². The van der Waals surface area contributed by atoms with Crippen molar-refractivity contribution in [1.82, 2.24) is 5.32 Å². The molecular weight excluding hydrogens is 229 g/mol. The second kappa shape index (κ2) is 4.42. The molecule has 1 atom stereocenters. The first-order valence-electron chi connectivity index (χ1n) is 5.28. The predicted octanol–water partition coefficient (Wildman–Crippen LogP) is 2.69. The van der Waals surface area contributed by atoms with E-state index in [0.29, 0.717) is 11.1 Å². The number of alkyl halides is 1. The Bertz CT molecular complexity index is 417. The number of rotatable bonds is 3. The minimum Gasteiger partial charge on any atom is -0.352 e. The maximum Gasteiger partial charge on any atom is 0.242 e. The van der Waals surface area contributed by atoms with Crippen molar-refractivity contribution in [3.8, 4) is 0 Å². The van der Waals surface area contributed by atoms with Gasteiger partial charge in [0.15, 0.2) is 0 Å². The predicted molar refractivity (Wildman–Crippen MR) is 60.9 cm³/mol. The van der Waals surface area contributed by atoms with Crippen molar-refractivity contribution in [3.05, 3.63) is 35.1 Å². The summed E-state index contributed by atoms with van der Waals surface area (Å²) < 4.78 is 13.3. The minimum absolute atomic E-state index is 0.243. The molecule has 1 unspecified atom stereocenters. The van der Waals surface area contributed by atoms with Crippen LogP contribution in [0.15, 0.2) is 18.2 Å². The van der Waals surface area contributed by atoms with E-state index in [2.05, 4.69) is 5.32 Å². The number of carbonyl (C=O) groups is 1. The third-order valence-corrected chi connectivity index (χ3v) is 3.09. The summed E-state index contributed by atoms with van der Waals surface area (Å²) in [6, 6.07) is 4.90. The van der Waals surface area contributed by atoms with Gasteiger partial charge in [0.05, 0.1) is 0 Å². The molecular formula is C12H13ClFNO. The van der Waals surface area contributed by atoms with E-state index in [0.717, 1.165) is 12.8 Å². The lowest BCUT2D eigenvalue weighted by Crippen LogP contribution is -2.28. The normalized spacial score (nSPS) is 16.9. The number of benzene rings is 1. The van der Waals surface area contributed by atoms with Gasteiger partial charge in [0.1, 0.15) is 11.2 Å². The summed E-state index contributed by atoms with van der Waals surface area (Å²) in [5.74, 6) is -0.574. The van der Waals surface area contributed by atoms with Gasteiger partial charge in [0.2, 0.25) is 5.91 Å². The van der Waals surface area contributed by atoms with E-state index in [1.807, 2.05) is 0 Å². The highest BCUT2D eigenvalue weighted by Crippen LogP contribution is 2.25. The van der Waals surface area contributed by atoms with Gasteiger partial charge in [-0.15, -0.1) is 11.6 Å². The fourth-order valence-electron chi connectivity index (χ4n) is 1.42. The molecule has 1 saturated carbocycles. The van der Waals surface area contributed by atoms with Gasteiger partial charge in [-0.2, -0.15) is 0 Å². The second-order valence-electron chi connectivity index (χ2n) is 4.15. The monoisotopic (exact) mass is 241 g/mol. The summed E-state index contributed by atoms with van der Waals surface area (Å²) in [5, 5.41) is 1.98. The highest BCUT2D eigenvalue weighted by atomic mass is 35.5. The Balaban J connectivity index is 2.09. The van der Waals surface area contributed by atoms with Crippen LogP contribution in [0, 0.1) is 12.7 Å². The zero-order chi connectivity index (χ0) is 11.7. The molecule has 0 aliphatic heterocycles. The van der Waals surface area contributed by atoms with Crippen LogP contribution in [0.5, 0.6) is 0 Å². The van der Waals surface area contributed by atoms with Crippen LogP contribution in [0.25, 0.3) is 0 Å². The molecule has 2 rings (SSSR count). The maximum absolute atomic E-state index is 13.3. The molecule has 16 heavy (non-hydrogen) atoms. The molecule has 0 aromatic heterocycles. The molecule has 1 aromatic rings. The quantitative estimate of drug-likeness (QED) is 0.810. The summed E-state index contributed by atoms with van der Waals surface area (Å²) in [4.78, 5) is 11.6. The summed E-state index contributed by atoms with van der Waals surface area (Å²) in [6.45, 7) is 1.67. The maximum atomic E-state index is 13.3. The number of amides is 1. The van der Waals surface area contributed by atoms with Gasteiger partial charge in [-0.1, -0.05) is 12.1 Å². The molecule has 86 valence electrons. The Morgan fingerprint density at radius 2 is 2.25 bits per heavy atom. The van der Waals surface area contributed by atoms with E-state index in [4.69, 9.17) is 11.6 Å². The van der Waals surface area contributed by atoms with Crippen molar-refractivity contribution in [2.45, 2.75) is 31.2 Å². The Morgan fingerprint density at radius 3 is 2.81 bits per heavy atom. The van der Waals surface area contributed by atoms with Crippen LogP contribution < -0.4 is 5.32 Å². The van der Waals surface area contributed by atoms with E-state index in [1.54, 1.807) is 19.1 Å². The fourth-order valence-corrected chi connectivity index (χ4v) is 1.62.